The van der Waals surface area contributed by atoms with E-state index in [9.17, 15) is 26.7 Å². The van der Waals surface area contributed by atoms with E-state index in [0.29, 0.717) is 10.7 Å². The van der Waals surface area contributed by atoms with Gasteiger partial charge in [-0.1, -0.05) is 6.07 Å². The summed E-state index contributed by atoms with van der Waals surface area (Å²) in [5.74, 6) is -2.74. The van der Waals surface area contributed by atoms with Crippen LogP contribution in [-0.2, 0) is 12.7 Å². The molecule has 0 saturated carbocycles. The standard InChI is InChI=1S/C15H14F5N3O/c1-3-23-13(15(18,19)20)11(7-21-23)14(24)22-8(2)10-5-4-9(16)6-12(10)17/h4-8H,3H2,1-2H3,(H,22,24)/t8-/m1/s1. The van der Waals surface area contributed by atoms with Gasteiger partial charge < -0.3 is 5.32 Å². The molecule has 1 heterocycles. The Balaban J connectivity index is 2.29. The fourth-order valence-electron chi connectivity index (χ4n) is 2.30. The summed E-state index contributed by atoms with van der Waals surface area (Å²) < 4.78 is 66.6. The van der Waals surface area contributed by atoms with Gasteiger partial charge in [0.25, 0.3) is 5.91 Å². The Hall–Kier alpha value is -2.45. The highest BCUT2D eigenvalue weighted by Gasteiger charge is 2.40. The summed E-state index contributed by atoms with van der Waals surface area (Å²) in [6.45, 7) is 2.77. The second-order valence-corrected chi connectivity index (χ2v) is 5.08. The maximum atomic E-state index is 13.7. The zero-order valence-corrected chi connectivity index (χ0v) is 12.8. The van der Waals surface area contributed by atoms with Crippen molar-refractivity contribution in [1.82, 2.24) is 15.1 Å². The first-order valence-electron chi connectivity index (χ1n) is 7.04. The van der Waals surface area contributed by atoms with Crippen molar-refractivity contribution >= 4 is 5.91 Å². The minimum absolute atomic E-state index is 0.0406. The van der Waals surface area contributed by atoms with Gasteiger partial charge in [0, 0.05) is 18.2 Å². The van der Waals surface area contributed by atoms with Crippen LogP contribution in [0.1, 0.15) is 41.5 Å². The lowest BCUT2D eigenvalue weighted by atomic mass is 10.1. The van der Waals surface area contributed by atoms with E-state index in [1.807, 2.05) is 0 Å². The quantitative estimate of drug-likeness (QED) is 0.858. The van der Waals surface area contributed by atoms with Crippen LogP contribution in [0.5, 0.6) is 0 Å². The van der Waals surface area contributed by atoms with E-state index in [1.165, 1.54) is 13.8 Å². The lowest BCUT2D eigenvalue weighted by Crippen LogP contribution is -2.29. The minimum Gasteiger partial charge on any atom is -0.345 e. The Morgan fingerprint density at radius 3 is 2.54 bits per heavy atom. The van der Waals surface area contributed by atoms with Crippen molar-refractivity contribution in [1.29, 1.82) is 0 Å². The Morgan fingerprint density at radius 1 is 1.33 bits per heavy atom. The van der Waals surface area contributed by atoms with Gasteiger partial charge in [0.2, 0.25) is 0 Å². The molecule has 24 heavy (non-hydrogen) atoms. The number of benzene rings is 1. The van der Waals surface area contributed by atoms with E-state index >= 15 is 0 Å². The summed E-state index contributed by atoms with van der Waals surface area (Å²) >= 11 is 0. The molecule has 1 aromatic heterocycles. The smallest absolute Gasteiger partial charge is 0.345 e. The molecule has 0 unspecified atom stereocenters. The number of carbonyl (C=O) groups excluding carboxylic acids is 1. The van der Waals surface area contributed by atoms with Crippen LogP contribution in [0.3, 0.4) is 0 Å². The summed E-state index contributed by atoms with van der Waals surface area (Å²) in [5.41, 5.74) is -1.87. The van der Waals surface area contributed by atoms with Crippen molar-refractivity contribution in [3.8, 4) is 0 Å². The van der Waals surface area contributed by atoms with Crippen molar-refractivity contribution in [2.75, 3.05) is 0 Å². The lowest BCUT2D eigenvalue weighted by Gasteiger charge is -2.16. The highest BCUT2D eigenvalue weighted by molar-refractivity contribution is 5.95. The van der Waals surface area contributed by atoms with Crippen molar-refractivity contribution in [3.63, 3.8) is 0 Å². The van der Waals surface area contributed by atoms with Gasteiger partial charge in [0.15, 0.2) is 5.69 Å². The Morgan fingerprint density at radius 2 is 2.00 bits per heavy atom. The number of aryl methyl sites for hydroxylation is 1. The molecule has 4 nitrogen and oxygen atoms in total. The van der Waals surface area contributed by atoms with E-state index in [1.54, 1.807) is 0 Å². The van der Waals surface area contributed by atoms with E-state index < -0.39 is 41.0 Å². The highest BCUT2D eigenvalue weighted by atomic mass is 19.4. The fourth-order valence-corrected chi connectivity index (χ4v) is 2.30. The summed E-state index contributed by atoms with van der Waals surface area (Å²) in [6, 6.07) is 1.80. The molecule has 130 valence electrons. The van der Waals surface area contributed by atoms with E-state index in [2.05, 4.69) is 10.4 Å². The summed E-state index contributed by atoms with van der Waals surface area (Å²) in [5, 5.41) is 5.81. The molecule has 1 aromatic carbocycles. The molecule has 0 saturated heterocycles. The number of alkyl halides is 3. The molecule has 0 aliphatic heterocycles. The Labute approximate surface area is 134 Å². The molecule has 1 amide bonds. The predicted molar refractivity (Wildman–Crippen MR) is 75.1 cm³/mol. The molecule has 0 aliphatic rings. The average molecular weight is 347 g/mol. The van der Waals surface area contributed by atoms with Gasteiger partial charge in [-0.25, -0.2) is 8.78 Å². The number of hydrogen-bond donors (Lipinski definition) is 1. The summed E-state index contributed by atoms with van der Waals surface area (Å²) in [7, 11) is 0. The molecule has 1 N–H and O–H groups in total. The van der Waals surface area contributed by atoms with Crippen LogP contribution in [0, 0.1) is 11.6 Å². The number of hydrogen-bond acceptors (Lipinski definition) is 2. The zero-order valence-electron chi connectivity index (χ0n) is 12.8. The SMILES string of the molecule is CCn1ncc(C(=O)N[C@H](C)c2ccc(F)cc2F)c1C(F)(F)F. The van der Waals surface area contributed by atoms with Crippen molar-refractivity contribution < 1.29 is 26.7 Å². The third-order valence-electron chi connectivity index (χ3n) is 3.43. The second-order valence-electron chi connectivity index (χ2n) is 5.08. The van der Waals surface area contributed by atoms with Gasteiger partial charge in [-0.05, 0) is 19.9 Å². The first-order chi connectivity index (χ1) is 11.1. The largest absolute Gasteiger partial charge is 0.433 e. The number of aromatic nitrogens is 2. The van der Waals surface area contributed by atoms with Crippen LogP contribution in [0.15, 0.2) is 24.4 Å². The van der Waals surface area contributed by atoms with Crippen LogP contribution >= 0.6 is 0 Å². The minimum atomic E-state index is -4.76. The van der Waals surface area contributed by atoms with Crippen LogP contribution in [0.25, 0.3) is 0 Å². The topological polar surface area (TPSA) is 46.9 Å². The first-order valence-corrected chi connectivity index (χ1v) is 7.04. The predicted octanol–water partition coefficient (Wildman–Crippen LogP) is 3.69. The molecule has 0 spiro atoms. The lowest BCUT2D eigenvalue weighted by molar-refractivity contribution is -0.144. The molecule has 0 aliphatic carbocycles. The van der Waals surface area contributed by atoms with Crippen LogP contribution in [0.4, 0.5) is 22.0 Å². The molecule has 1 atom stereocenters. The third-order valence-corrected chi connectivity index (χ3v) is 3.43. The molecule has 9 heteroatoms. The number of carbonyl (C=O) groups is 1. The number of nitrogens with one attached hydrogen (secondary N) is 1. The number of nitrogens with zero attached hydrogens (tertiary/aromatic N) is 2. The van der Waals surface area contributed by atoms with Crippen LogP contribution in [-0.4, -0.2) is 15.7 Å². The molecule has 0 bridgehead atoms. The molecular weight excluding hydrogens is 333 g/mol. The maximum absolute atomic E-state index is 13.7. The Bertz CT molecular complexity index is 754. The number of amides is 1. The van der Waals surface area contributed by atoms with E-state index in [4.69, 9.17) is 0 Å². The zero-order chi connectivity index (χ0) is 18.1. The van der Waals surface area contributed by atoms with Crippen LogP contribution in [0.2, 0.25) is 0 Å². The fraction of sp³-hybridized carbons (Fsp3) is 0.333. The second kappa shape index (κ2) is 6.58. The summed E-state index contributed by atoms with van der Waals surface area (Å²) in [4.78, 5) is 12.1. The van der Waals surface area contributed by atoms with Gasteiger partial charge in [0.05, 0.1) is 17.8 Å². The number of halogens is 5. The van der Waals surface area contributed by atoms with E-state index in [0.717, 1.165) is 18.3 Å². The first kappa shape index (κ1) is 17.9. The summed E-state index contributed by atoms with van der Waals surface area (Å²) in [6.07, 6.45) is -3.95. The molecule has 0 fully saturated rings. The molecular formula is C15H14F5N3O. The van der Waals surface area contributed by atoms with Gasteiger partial charge in [-0.2, -0.15) is 18.3 Å². The molecule has 2 aromatic rings. The van der Waals surface area contributed by atoms with Gasteiger partial charge >= 0.3 is 6.18 Å². The molecule has 2 rings (SSSR count). The Kier molecular flexibility index (Phi) is 4.91. The van der Waals surface area contributed by atoms with Crippen LogP contribution < -0.4 is 5.32 Å². The van der Waals surface area contributed by atoms with Gasteiger partial charge in [-0.15, -0.1) is 0 Å². The highest BCUT2D eigenvalue weighted by Crippen LogP contribution is 2.32. The number of rotatable bonds is 4. The maximum Gasteiger partial charge on any atom is 0.433 e. The van der Waals surface area contributed by atoms with Gasteiger partial charge in [-0.3, -0.25) is 9.48 Å². The van der Waals surface area contributed by atoms with E-state index in [-0.39, 0.29) is 12.1 Å². The third kappa shape index (κ3) is 3.55. The van der Waals surface area contributed by atoms with Crippen molar-refractivity contribution in [2.24, 2.45) is 0 Å². The normalized spacial score (nSPS) is 13.0. The van der Waals surface area contributed by atoms with Gasteiger partial charge in [0.1, 0.15) is 11.6 Å². The average Bonchev–Trinajstić information content (AvgIpc) is 2.91. The van der Waals surface area contributed by atoms with Crippen molar-refractivity contribution in [3.05, 3.63) is 52.9 Å². The monoisotopic (exact) mass is 347 g/mol. The molecule has 0 radical (unpaired) electrons. The van der Waals surface area contributed by atoms with Crippen molar-refractivity contribution in [2.45, 2.75) is 32.6 Å².